The molecule has 1 amide bonds. The third kappa shape index (κ3) is 5.24. The van der Waals surface area contributed by atoms with E-state index in [1.165, 1.54) is 12.1 Å². The van der Waals surface area contributed by atoms with Gasteiger partial charge in [0.15, 0.2) is 0 Å². The summed E-state index contributed by atoms with van der Waals surface area (Å²) in [6.07, 6.45) is 0. The van der Waals surface area contributed by atoms with E-state index in [1.807, 2.05) is 0 Å². The third-order valence-electron chi connectivity index (χ3n) is 2.47. The highest BCUT2D eigenvalue weighted by Crippen LogP contribution is 2.23. The smallest absolute Gasteiger partial charge is 0.283 e. The molecule has 7 nitrogen and oxygen atoms in total. The van der Waals surface area contributed by atoms with Gasteiger partial charge in [0, 0.05) is 37.3 Å². The van der Waals surface area contributed by atoms with E-state index in [0.29, 0.717) is 30.7 Å². The molecule has 0 aliphatic heterocycles. The van der Waals surface area contributed by atoms with E-state index < -0.39 is 10.8 Å². The zero-order chi connectivity index (χ0) is 15.0. The summed E-state index contributed by atoms with van der Waals surface area (Å²) in [5.74, 6) is -0.460. The van der Waals surface area contributed by atoms with Gasteiger partial charge in [-0.25, -0.2) is 0 Å². The Bertz CT molecular complexity index is 482. The number of amides is 1. The number of nitrogens with zero attached hydrogens (tertiary/aromatic N) is 1. The summed E-state index contributed by atoms with van der Waals surface area (Å²) in [6, 6.07) is 4.33. The van der Waals surface area contributed by atoms with E-state index in [2.05, 4.69) is 26.6 Å². The molecule has 0 bridgehead atoms. The van der Waals surface area contributed by atoms with Gasteiger partial charge in [0.25, 0.3) is 11.6 Å². The van der Waals surface area contributed by atoms with Gasteiger partial charge in [-0.2, -0.15) is 0 Å². The number of nitro groups is 1. The van der Waals surface area contributed by atoms with Gasteiger partial charge in [0.1, 0.15) is 5.56 Å². The molecule has 0 radical (unpaired) electrons. The predicted octanol–water partition coefficient (Wildman–Crippen LogP) is 1.32. The minimum absolute atomic E-state index is 0.0510. The highest BCUT2D eigenvalue weighted by atomic mass is 79.9. The Morgan fingerprint density at radius 2 is 2.15 bits per heavy atom. The quantitative estimate of drug-likeness (QED) is 0.421. The fourth-order valence-electron chi connectivity index (χ4n) is 1.51. The number of hydrogen-bond acceptors (Lipinski definition) is 5. The molecule has 0 heterocycles. The van der Waals surface area contributed by atoms with Crippen LogP contribution in [0.25, 0.3) is 0 Å². The first-order valence-corrected chi connectivity index (χ1v) is 6.77. The lowest BCUT2D eigenvalue weighted by Gasteiger charge is -2.07. The van der Waals surface area contributed by atoms with Gasteiger partial charge in [0.2, 0.25) is 0 Å². The van der Waals surface area contributed by atoms with Gasteiger partial charge in [-0.15, -0.1) is 0 Å². The first kappa shape index (κ1) is 16.5. The zero-order valence-electron chi connectivity index (χ0n) is 11.0. The normalized spacial score (nSPS) is 10.3. The van der Waals surface area contributed by atoms with Crippen LogP contribution in [0.4, 0.5) is 5.69 Å². The number of nitrogens with one attached hydrogen (secondary N) is 2. The lowest BCUT2D eigenvalue weighted by Crippen LogP contribution is -2.33. The van der Waals surface area contributed by atoms with Crippen LogP contribution in [0.2, 0.25) is 0 Å². The summed E-state index contributed by atoms with van der Waals surface area (Å²) >= 11 is 3.14. The van der Waals surface area contributed by atoms with Crippen LogP contribution < -0.4 is 10.6 Å². The van der Waals surface area contributed by atoms with Crippen LogP contribution in [-0.2, 0) is 4.74 Å². The molecule has 1 rings (SSSR count). The lowest BCUT2D eigenvalue weighted by atomic mass is 10.1. The molecule has 0 aliphatic carbocycles. The molecule has 0 aromatic heterocycles. The van der Waals surface area contributed by atoms with Crippen LogP contribution in [0.15, 0.2) is 22.7 Å². The molecule has 0 atom stereocenters. The largest absolute Gasteiger partial charge is 0.383 e. The number of rotatable bonds is 8. The molecule has 20 heavy (non-hydrogen) atoms. The Hall–Kier alpha value is -1.51. The van der Waals surface area contributed by atoms with Crippen molar-refractivity contribution in [2.24, 2.45) is 0 Å². The number of halogens is 1. The first-order chi connectivity index (χ1) is 9.56. The SMILES string of the molecule is COCCNCCNC(=O)c1ccc(Br)cc1[N+](=O)[O-]. The van der Waals surface area contributed by atoms with Crippen LogP contribution >= 0.6 is 15.9 Å². The van der Waals surface area contributed by atoms with Crippen LogP contribution in [-0.4, -0.2) is 44.2 Å². The van der Waals surface area contributed by atoms with Gasteiger partial charge < -0.3 is 15.4 Å². The Balaban J connectivity index is 2.53. The van der Waals surface area contributed by atoms with Gasteiger partial charge in [0.05, 0.1) is 11.5 Å². The van der Waals surface area contributed by atoms with Crippen LogP contribution in [0.3, 0.4) is 0 Å². The number of methoxy groups -OCH3 is 1. The summed E-state index contributed by atoms with van der Waals surface area (Å²) in [5.41, 5.74) is -0.167. The second kappa shape index (κ2) is 8.62. The van der Waals surface area contributed by atoms with Gasteiger partial charge in [-0.1, -0.05) is 15.9 Å². The summed E-state index contributed by atoms with van der Waals surface area (Å²) in [5, 5.41) is 16.6. The molecule has 110 valence electrons. The first-order valence-electron chi connectivity index (χ1n) is 5.98. The maximum atomic E-state index is 11.9. The van der Waals surface area contributed by atoms with E-state index in [1.54, 1.807) is 13.2 Å². The topological polar surface area (TPSA) is 93.5 Å². The highest BCUT2D eigenvalue weighted by Gasteiger charge is 2.19. The van der Waals surface area contributed by atoms with E-state index in [-0.39, 0.29) is 11.3 Å². The van der Waals surface area contributed by atoms with Crippen molar-refractivity contribution in [3.8, 4) is 0 Å². The standard InChI is InChI=1S/C12H16BrN3O4/c1-20-7-6-14-4-5-15-12(17)10-3-2-9(13)8-11(10)16(18)19/h2-3,8,14H,4-7H2,1H3,(H,15,17). The Kier molecular flexibility index (Phi) is 7.13. The third-order valence-corrected chi connectivity index (χ3v) is 2.96. The molecule has 0 aliphatic rings. The Morgan fingerprint density at radius 3 is 2.80 bits per heavy atom. The van der Waals surface area contributed by atoms with Crippen molar-refractivity contribution in [1.82, 2.24) is 10.6 Å². The predicted molar refractivity (Wildman–Crippen MR) is 77.9 cm³/mol. The molecule has 0 saturated heterocycles. The van der Waals surface area contributed by atoms with Crippen LogP contribution in [0.1, 0.15) is 10.4 Å². The number of ether oxygens (including phenoxy) is 1. The van der Waals surface area contributed by atoms with Crippen molar-refractivity contribution in [1.29, 1.82) is 0 Å². The van der Waals surface area contributed by atoms with Crippen molar-refractivity contribution in [3.05, 3.63) is 38.3 Å². The molecule has 2 N–H and O–H groups in total. The fraction of sp³-hybridized carbons (Fsp3) is 0.417. The number of hydrogen-bond donors (Lipinski definition) is 2. The van der Waals surface area contributed by atoms with Crippen LogP contribution in [0, 0.1) is 10.1 Å². The maximum absolute atomic E-state index is 11.9. The molecular formula is C12H16BrN3O4. The molecule has 0 saturated carbocycles. The number of carbonyl (C=O) groups excluding carboxylic acids is 1. The monoisotopic (exact) mass is 345 g/mol. The highest BCUT2D eigenvalue weighted by molar-refractivity contribution is 9.10. The van der Waals surface area contributed by atoms with Gasteiger partial charge in [-0.05, 0) is 12.1 Å². The average molecular weight is 346 g/mol. The summed E-state index contributed by atoms with van der Waals surface area (Å²) in [4.78, 5) is 22.2. The minimum Gasteiger partial charge on any atom is -0.383 e. The van der Waals surface area contributed by atoms with Crippen molar-refractivity contribution >= 4 is 27.5 Å². The number of nitro benzene ring substituents is 1. The van der Waals surface area contributed by atoms with E-state index >= 15 is 0 Å². The molecule has 0 fully saturated rings. The summed E-state index contributed by atoms with van der Waals surface area (Å²) in [6.45, 7) is 2.23. The van der Waals surface area contributed by atoms with Crippen molar-refractivity contribution in [2.45, 2.75) is 0 Å². The number of benzene rings is 1. The molecule has 0 unspecified atom stereocenters. The fourth-order valence-corrected chi connectivity index (χ4v) is 1.86. The molecule has 8 heteroatoms. The van der Waals surface area contributed by atoms with E-state index in [0.717, 1.165) is 0 Å². The van der Waals surface area contributed by atoms with Crippen molar-refractivity contribution in [2.75, 3.05) is 33.4 Å². The molecule has 0 spiro atoms. The van der Waals surface area contributed by atoms with E-state index in [4.69, 9.17) is 4.74 Å². The van der Waals surface area contributed by atoms with E-state index in [9.17, 15) is 14.9 Å². The van der Waals surface area contributed by atoms with Crippen LogP contribution in [0.5, 0.6) is 0 Å². The second-order valence-corrected chi connectivity index (χ2v) is 4.83. The Morgan fingerprint density at radius 1 is 1.40 bits per heavy atom. The lowest BCUT2D eigenvalue weighted by molar-refractivity contribution is -0.385. The molecule has 1 aromatic rings. The Labute approximate surface area is 125 Å². The maximum Gasteiger partial charge on any atom is 0.283 e. The molecule has 1 aromatic carbocycles. The summed E-state index contributed by atoms with van der Waals surface area (Å²) < 4.78 is 5.42. The van der Waals surface area contributed by atoms with Crippen molar-refractivity contribution in [3.63, 3.8) is 0 Å². The van der Waals surface area contributed by atoms with Gasteiger partial charge >= 0.3 is 0 Å². The molecular weight excluding hydrogens is 330 g/mol. The van der Waals surface area contributed by atoms with Gasteiger partial charge in [-0.3, -0.25) is 14.9 Å². The van der Waals surface area contributed by atoms with Crippen molar-refractivity contribution < 1.29 is 14.5 Å². The second-order valence-electron chi connectivity index (χ2n) is 3.92. The number of carbonyl (C=O) groups is 1. The average Bonchev–Trinajstić information content (AvgIpc) is 2.42. The zero-order valence-corrected chi connectivity index (χ0v) is 12.6. The summed E-state index contributed by atoms with van der Waals surface area (Å²) in [7, 11) is 1.61. The minimum atomic E-state index is -0.573.